The van der Waals surface area contributed by atoms with Gasteiger partial charge >= 0.3 is 0 Å². The maximum absolute atomic E-state index is 12.9. The van der Waals surface area contributed by atoms with E-state index in [2.05, 4.69) is 14.8 Å². The third kappa shape index (κ3) is 5.71. The highest BCUT2D eigenvalue weighted by atomic mass is 16.5. The van der Waals surface area contributed by atoms with E-state index in [4.69, 9.17) is 9.47 Å². The van der Waals surface area contributed by atoms with Crippen LogP contribution < -0.4 is 14.9 Å². The third-order valence-corrected chi connectivity index (χ3v) is 4.78. The lowest BCUT2D eigenvalue weighted by molar-refractivity contribution is 0.282. The van der Waals surface area contributed by atoms with Crippen molar-refractivity contribution in [2.75, 3.05) is 54.5 Å². The second kappa shape index (κ2) is 9.76. The van der Waals surface area contributed by atoms with Gasteiger partial charge in [-0.15, -0.1) is 0 Å². The lowest BCUT2D eigenvalue weighted by Gasteiger charge is -2.12. The van der Waals surface area contributed by atoms with Crippen molar-refractivity contribution in [1.29, 1.82) is 0 Å². The van der Waals surface area contributed by atoms with Crippen LogP contribution in [0, 0.1) is 0 Å². The van der Waals surface area contributed by atoms with Crippen molar-refractivity contribution < 1.29 is 9.47 Å². The zero-order valence-electron chi connectivity index (χ0n) is 17.8. The van der Waals surface area contributed by atoms with Gasteiger partial charge in [-0.25, -0.2) is 0 Å². The molecule has 1 heterocycles. The van der Waals surface area contributed by atoms with Gasteiger partial charge in [0.25, 0.3) is 0 Å². The molecule has 0 radical (unpaired) electrons. The van der Waals surface area contributed by atoms with E-state index in [1.807, 2.05) is 64.6 Å². The summed E-state index contributed by atoms with van der Waals surface area (Å²) in [5.74, 6) is 1.53. The summed E-state index contributed by atoms with van der Waals surface area (Å²) in [4.78, 5) is 20.5. The lowest BCUT2D eigenvalue weighted by atomic mass is 10.1. The number of aromatic amines is 1. The summed E-state index contributed by atoms with van der Waals surface area (Å²) in [5, 5.41) is 1.33. The Hall–Kier alpha value is -2.57. The van der Waals surface area contributed by atoms with Gasteiger partial charge in [-0.3, -0.25) is 4.79 Å². The number of H-pyrrole nitrogens is 1. The van der Waals surface area contributed by atoms with Gasteiger partial charge in [0, 0.05) is 36.0 Å². The fourth-order valence-corrected chi connectivity index (χ4v) is 3.26. The highest BCUT2D eigenvalue weighted by Gasteiger charge is 2.08. The van der Waals surface area contributed by atoms with E-state index in [-0.39, 0.29) is 5.43 Å². The molecule has 2 aromatic carbocycles. The summed E-state index contributed by atoms with van der Waals surface area (Å²) < 4.78 is 11.7. The van der Waals surface area contributed by atoms with Crippen LogP contribution in [0.5, 0.6) is 11.5 Å². The molecule has 0 aliphatic heterocycles. The van der Waals surface area contributed by atoms with Gasteiger partial charge in [0.15, 0.2) is 5.43 Å². The van der Waals surface area contributed by atoms with Gasteiger partial charge in [-0.1, -0.05) is 0 Å². The Labute approximate surface area is 172 Å². The fourth-order valence-electron chi connectivity index (χ4n) is 3.26. The molecular formula is C23H31N3O3. The molecule has 156 valence electrons. The maximum Gasteiger partial charge on any atom is 0.197 e. The molecule has 0 aliphatic carbocycles. The van der Waals surface area contributed by atoms with Crippen LogP contribution in [-0.2, 0) is 0 Å². The number of rotatable bonds is 10. The Kier molecular flexibility index (Phi) is 7.12. The summed E-state index contributed by atoms with van der Waals surface area (Å²) in [5.41, 5.74) is 1.57. The van der Waals surface area contributed by atoms with Crippen molar-refractivity contribution in [1.82, 2.24) is 14.8 Å². The number of benzene rings is 2. The molecule has 0 bridgehead atoms. The zero-order chi connectivity index (χ0) is 20.8. The highest BCUT2D eigenvalue weighted by molar-refractivity contribution is 5.93. The average molecular weight is 398 g/mol. The Bertz CT molecular complexity index is 934. The molecule has 6 heteroatoms. The first kappa shape index (κ1) is 21.1. The Morgan fingerprint density at radius 1 is 0.759 bits per heavy atom. The highest BCUT2D eigenvalue weighted by Crippen LogP contribution is 2.23. The first-order chi connectivity index (χ1) is 13.9. The second-order valence-corrected chi connectivity index (χ2v) is 7.88. The SMILES string of the molecule is CN(C)CCCOc1ccc2c(=O)c3ccc(OCCCN(C)C)cc3[nH]c2c1. The van der Waals surface area contributed by atoms with Crippen molar-refractivity contribution in [2.45, 2.75) is 12.8 Å². The van der Waals surface area contributed by atoms with Crippen LogP contribution in [0.25, 0.3) is 21.8 Å². The molecule has 0 saturated heterocycles. The molecule has 0 fully saturated rings. The van der Waals surface area contributed by atoms with Crippen molar-refractivity contribution in [2.24, 2.45) is 0 Å². The van der Waals surface area contributed by atoms with E-state index < -0.39 is 0 Å². The molecule has 6 nitrogen and oxygen atoms in total. The minimum atomic E-state index is 0.0204. The third-order valence-electron chi connectivity index (χ3n) is 4.78. The molecule has 0 amide bonds. The van der Waals surface area contributed by atoms with E-state index in [1.54, 1.807) is 0 Å². The minimum Gasteiger partial charge on any atom is -0.493 e. The largest absolute Gasteiger partial charge is 0.493 e. The van der Waals surface area contributed by atoms with Gasteiger partial charge in [0.2, 0.25) is 0 Å². The van der Waals surface area contributed by atoms with E-state index in [0.717, 1.165) is 48.5 Å². The van der Waals surface area contributed by atoms with Gasteiger partial charge in [0.05, 0.1) is 24.2 Å². The first-order valence-electron chi connectivity index (χ1n) is 10.1. The molecule has 3 rings (SSSR count). The molecule has 1 aromatic heterocycles. The van der Waals surface area contributed by atoms with Crippen LogP contribution in [0.15, 0.2) is 41.2 Å². The summed E-state index contributed by atoms with van der Waals surface area (Å²) in [6.45, 7) is 3.25. The van der Waals surface area contributed by atoms with Gasteiger partial charge in [-0.05, 0) is 65.3 Å². The van der Waals surface area contributed by atoms with Gasteiger partial charge < -0.3 is 24.3 Å². The van der Waals surface area contributed by atoms with Crippen LogP contribution in [0.1, 0.15) is 12.8 Å². The predicted octanol–water partition coefficient (Wildman–Crippen LogP) is 3.34. The van der Waals surface area contributed by atoms with E-state index in [0.29, 0.717) is 24.0 Å². The number of aromatic nitrogens is 1. The molecule has 0 saturated carbocycles. The van der Waals surface area contributed by atoms with Gasteiger partial charge in [-0.2, -0.15) is 0 Å². The van der Waals surface area contributed by atoms with E-state index >= 15 is 0 Å². The lowest BCUT2D eigenvalue weighted by Crippen LogP contribution is -2.15. The zero-order valence-corrected chi connectivity index (χ0v) is 17.8. The Morgan fingerprint density at radius 3 is 1.62 bits per heavy atom. The number of hydrogen-bond donors (Lipinski definition) is 1. The summed E-state index contributed by atoms with van der Waals surface area (Å²) in [7, 11) is 8.19. The van der Waals surface area contributed by atoms with Gasteiger partial charge in [0.1, 0.15) is 11.5 Å². The quantitative estimate of drug-likeness (QED) is 0.420. The predicted molar refractivity (Wildman–Crippen MR) is 119 cm³/mol. The number of pyridine rings is 1. The Balaban J connectivity index is 1.78. The van der Waals surface area contributed by atoms with Crippen molar-refractivity contribution in [3.05, 3.63) is 46.6 Å². The maximum atomic E-state index is 12.9. The van der Waals surface area contributed by atoms with Crippen molar-refractivity contribution in [3.8, 4) is 11.5 Å². The van der Waals surface area contributed by atoms with Crippen molar-refractivity contribution in [3.63, 3.8) is 0 Å². The minimum absolute atomic E-state index is 0.0204. The number of fused-ring (bicyclic) bond motifs is 2. The number of hydrogen-bond acceptors (Lipinski definition) is 5. The molecular weight excluding hydrogens is 366 g/mol. The molecule has 1 N–H and O–H groups in total. The molecule has 0 aliphatic rings. The smallest absolute Gasteiger partial charge is 0.197 e. The van der Waals surface area contributed by atoms with E-state index in [1.165, 1.54) is 0 Å². The number of nitrogens with zero attached hydrogens (tertiary/aromatic N) is 2. The summed E-state index contributed by atoms with van der Waals surface area (Å²) in [6, 6.07) is 11.2. The fraction of sp³-hybridized carbons (Fsp3) is 0.435. The normalized spacial score (nSPS) is 11.7. The molecule has 0 atom stereocenters. The van der Waals surface area contributed by atoms with Crippen LogP contribution in [0.2, 0.25) is 0 Å². The molecule has 3 aromatic rings. The second-order valence-electron chi connectivity index (χ2n) is 7.88. The standard InChI is InChI=1S/C23H31N3O3/c1-25(2)11-5-13-28-17-7-9-19-21(15-17)24-22-16-18(8-10-20(22)23(19)27)29-14-6-12-26(3)4/h7-10,15-16H,5-6,11-14H2,1-4H3,(H,24,27). The monoisotopic (exact) mass is 397 g/mol. The van der Waals surface area contributed by atoms with Crippen LogP contribution in [0.4, 0.5) is 0 Å². The molecule has 0 spiro atoms. The van der Waals surface area contributed by atoms with Crippen LogP contribution >= 0.6 is 0 Å². The first-order valence-corrected chi connectivity index (χ1v) is 10.1. The summed E-state index contributed by atoms with van der Waals surface area (Å²) >= 11 is 0. The number of ether oxygens (including phenoxy) is 2. The summed E-state index contributed by atoms with van der Waals surface area (Å²) in [6.07, 6.45) is 1.90. The average Bonchev–Trinajstić information content (AvgIpc) is 2.68. The van der Waals surface area contributed by atoms with Crippen LogP contribution in [-0.4, -0.2) is 69.3 Å². The molecule has 0 unspecified atom stereocenters. The Morgan fingerprint density at radius 2 is 1.21 bits per heavy atom. The van der Waals surface area contributed by atoms with E-state index in [9.17, 15) is 4.79 Å². The van der Waals surface area contributed by atoms with Crippen LogP contribution in [0.3, 0.4) is 0 Å². The topological polar surface area (TPSA) is 57.8 Å². The molecule has 29 heavy (non-hydrogen) atoms. The number of nitrogens with one attached hydrogen (secondary N) is 1. The van der Waals surface area contributed by atoms with Crippen molar-refractivity contribution >= 4 is 21.8 Å².